The molecule has 0 spiro atoms. The Bertz CT molecular complexity index is 2540. The Morgan fingerprint density at radius 3 is 1.58 bits per heavy atom. The Morgan fingerprint density at radius 2 is 0.844 bits per heavy atom. The molecular weight excluding hydrogens is 550 g/mol. The molecule has 210 valence electrons. The van der Waals surface area contributed by atoms with E-state index in [9.17, 15) is 0 Å². The summed E-state index contributed by atoms with van der Waals surface area (Å²) in [4.78, 5) is 15.0. The molecule has 4 heteroatoms. The van der Waals surface area contributed by atoms with Crippen molar-refractivity contribution in [1.82, 2.24) is 15.0 Å². The van der Waals surface area contributed by atoms with Gasteiger partial charge in [0.15, 0.2) is 17.5 Å². The molecule has 0 fully saturated rings. The highest BCUT2D eigenvalue weighted by Gasteiger charge is 2.15. The quantitative estimate of drug-likeness (QED) is 0.209. The normalized spacial score (nSPS) is 11.6. The number of hydrogen-bond donors (Lipinski definition) is 0. The van der Waals surface area contributed by atoms with Gasteiger partial charge in [0.25, 0.3) is 0 Å². The summed E-state index contributed by atoms with van der Waals surface area (Å²) >= 11 is 0. The van der Waals surface area contributed by atoms with Crippen LogP contribution in [0, 0.1) is 0 Å². The van der Waals surface area contributed by atoms with Gasteiger partial charge in [-0.05, 0) is 69.1 Å². The molecule has 0 N–H and O–H groups in total. The van der Waals surface area contributed by atoms with Crippen LogP contribution in [-0.2, 0) is 0 Å². The molecule has 9 aromatic rings. The number of aromatic nitrogens is 3. The number of rotatable bonds is 4. The van der Waals surface area contributed by atoms with E-state index < -0.39 is 0 Å². The number of hydrogen-bond acceptors (Lipinski definition) is 4. The minimum atomic E-state index is 0.601. The molecule has 0 aliphatic carbocycles. The van der Waals surface area contributed by atoms with Crippen LogP contribution in [0.25, 0.3) is 88.8 Å². The lowest BCUT2D eigenvalue weighted by molar-refractivity contribution is 0.669. The number of fused-ring (bicyclic) bond motifs is 5. The van der Waals surface area contributed by atoms with Crippen molar-refractivity contribution in [3.8, 4) is 45.3 Å². The molecule has 2 heterocycles. The standard InChI is InChI=1S/C41H25N3O/c1-3-9-26(10-4-1)31-17-15-27-16-18-32(22-34(27)21-31)40-42-39(28-11-5-2-6-12-28)43-41(44-40)33-19-20-35-36-23-29-13-7-8-14-30(29)24-38(36)45-37(35)25-33/h1-25H. The number of benzene rings is 7. The van der Waals surface area contributed by atoms with Crippen molar-refractivity contribution in [3.05, 3.63) is 152 Å². The Kier molecular flexibility index (Phi) is 5.78. The van der Waals surface area contributed by atoms with E-state index in [2.05, 4.69) is 109 Å². The maximum Gasteiger partial charge on any atom is 0.164 e. The highest BCUT2D eigenvalue weighted by molar-refractivity contribution is 6.10. The van der Waals surface area contributed by atoms with Gasteiger partial charge in [-0.2, -0.15) is 0 Å². The first kappa shape index (κ1) is 25.4. The van der Waals surface area contributed by atoms with Crippen LogP contribution in [-0.4, -0.2) is 15.0 Å². The van der Waals surface area contributed by atoms with Gasteiger partial charge in [-0.3, -0.25) is 0 Å². The molecule has 7 aromatic carbocycles. The molecule has 0 saturated heterocycles. The summed E-state index contributed by atoms with van der Waals surface area (Å²) in [5.74, 6) is 1.86. The molecular formula is C41H25N3O. The Labute approximate surface area is 259 Å². The average Bonchev–Trinajstić information content (AvgIpc) is 3.47. The number of nitrogens with zero attached hydrogens (tertiary/aromatic N) is 3. The Hall–Kier alpha value is -6.13. The maximum atomic E-state index is 6.38. The van der Waals surface area contributed by atoms with E-state index in [1.54, 1.807) is 0 Å². The monoisotopic (exact) mass is 575 g/mol. The van der Waals surface area contributed by atoms with Gasteiger partial charge in [-0.25, -0.2) is 15.0 Å². The fraction of sp³-hybridized carbons (Fsp3) is 0. The van der Waals surface area contributed by atoms with Crippen LogP contribution in [0.5, 0.6) is 0 Å². The largest absolute Gasteiger partial charge is 0.456 e. The van der Waals surface area contributed by atoms with E-state index in [0.717, 1.165) is 49.4 Å². The topological polar surface area (TPSA) is 51.8 Å². The van der Waals surface area contributed by atoms with Crippen LogP contribution in [0.4, 0.5) is 0 Å². The van der Waals surface area contributed by atoms with Gasteiger partial charge in [0.05, 0.1) is 0 Å². The van der Waals surface area contributed by atoms with Crippen LogP contribution in [0.15, 0.2) is 156 Å². The van der Waals surface area contributed by atoms with Gasteiger partial charge in [0.1, 0.15) is 11.2 Å². The molecule has 9 rings (SSSR count). The van der Waals surface area contributed by atoms with Crippen LogP contribution in [0.3, 0.4) is 0 Å². The molecule has 0 atom stereocenters. The van der Waals surface area contributed by atoms with Crippen molar-refractivity contribution in [3.63, 3.8) is 0 Å². The average molecular weight is 576 g/mol. The number of furan rings is 1. The first-order valence-corrected chi connectivity index (χ1v) is 15.0. The molecule has 45 heavy (non-hydrogen) atoms. The zero-order valence-corrected chi connectivity index (χ0v) is 24.2. The smallest absolute Gasteiger partial charge is 0.164 e. The lowest BCUT2D eigenvalue weighted by Crippen LogP contribution is -2.00. The summed E-state index contributed by atoms with van der Waals surface area (Å²) in [6, 6.07) is 52.4. The third kappa shape index (κ3) is 4.52. The van der Waals surface area contributed by atoms with E-state index in [1.807, 2.05) is 42.5 Å². The SMILES string of the molecule is c1ccc(-c2ccc3ccc(-c4nc(-c5ccccc5)nc(-c5ccc6c(c5)oc5cc7ccccc7cc56)n4)cc3c2)cc1. The van der Waals surface area contributed by atoms with E-state index in [4.69, 9.17) is 19.4 Å². The molecule has 0 amide bonds. The summed E-state index contributed by atoms with van der Waals surface area (Å²) in [6.45, 7) is 0. The molecule has 0 bridgehead atoms. The molecule has 0 unspecified atom stereocenters. The zero-order valence-electron chi connectivity index (χ0n) is 24.2. The third-order valence-corrected chi connectivity index (χ3v) is 8.47. The summed E-state index contributed by atoms with van der Waals surface area (Å²) in [6.07, 6.45) is 0. The predicted molar refractivity (Wildman–Crippen MR) is 184 cm³/mol. The summed E-state index contributed by atoms with van der Waals surface area (Å²) in [5.41, 5.74) is 6.78. The third-order valence-electron chi connectivity index (χ3n) is 8.47. The van der Waals surface area contributed by atoms with Crippen molar-refractivity contribution in [1.29, 1.82) is 0 Å². The first-order chi connectivity index (χ1) is 22.2. The van der Waals surface area contributed by atoms with Crippen molar-refractivity contribution in [2.45, 2.75) is 0 Å². The molecule has 4 nitrogen and oxygen atoms in total. The van der Waals surface area contributed by atoms with Gasteiger partial charge in [0, 0.05) is 27.5 Å². The van der Waals surface area contributed by atoms with Crippen molar-refractivity contribution >= 4 is 43.5 Å². The zero-order chi connectivity index (χ0) is 29.7. The van der Waals surface area contributed by atoms with Crippen LogP contribution in [0.2, 0.25) is 0 Å². The van der Waals surface area contributed by atoms with E-state index in [1.165, 1.54) is 21.9 Å². The Morgan fingerprint density at radius 1 is 0.311 bits per heavy atom. The highest BCUT2D eigenvalue weighted by Crippen LogP contribution is 2.35. The van der Waals surface area contributed by atoms with Crippen LogP contribution >= 0.6 is 0 Å². The van der Waals surface area contributed by atoms with Gasteiger partial charge in [0.2, 0.25) is 0 Å². The van der Waals surface area contributed by atoms with E-state index in [0.29, 0.717) is 17.5 Å². The minimum absolute atomic E-state index is 0.601. The lowest BCUT2D eigenvalue weighted by Gasteiger charge is -2.10. The van der Waals surface area contributed by atoms with Gasteiger partial charge >= 0.3 is 0 Å². The van der Waals surface area contributed by atoms with Gasteiger partial charge in [-0.15, -0.1) is 0 Å². The van der Waals surface area contributed by atoms with Crippen LogP contribution < -0.4 is 0 Å². The van der Waals surface area contributed by atoms with Gasteiger partial charge in [-0.1, -0.05) is 115 Å². The van der Waals surface area contributed by atoms with Crippen molar-refractivity contribution < 1.29 is 4.42 Å². The second kappa shape index (κ2) is 10.2. The maximum absolute atomic E-state index is 6.38. The van der Waals surface area contributed by atoms with E-state index >= 15 is 0 Å². The minimum Gasteiger partial charge on any atom is -0.456 e. The first-order valence-electron chi connectivity index (χ1n) is 15.0. The predicted octanol–water partition coefficient (Wildman–Crippen LogP) is 10.7. The summed E-state index contributed by atoms with van der Waals surface area (Å²) in [5, 5.41) is 6.82. The second-order valence-electron chi connectivity index (χ2n) is 11.3. The fourth-order valence-corrected chi connectivity index (χ4v) is 6.15. The Balaban J connectivity index is 1.20. The van der Waals surface area contributed by atoms with Crippen molar-refractivity contribution in [2.75, 3.05) is 0 Å². The van der Waals surface area contributed by atoms with Gasteiger partial charge < -0.3 is 4.42 Å². The summed E-state index contributed by atoms with van der Waals surface area (Å²) in [7, 11) is 0. The molecule has 0 radical (unpaired) electrons. The molecule has 2 aromatic heterocycles. The molecule has 0 saturated carbocycles. The second-order valence-corrected chi connectivity index (χ2v) is 11.3. The van der Waals surface area contributed by atoms with Crippen molar-refractivity contribution in [2.24, 2.45) is 0 Å². The fourth-order valence-electron chi connectivity index (χ4n) is 6.15. The molecule has 0 aliphatic rings. The summed E-state index contributed by atoms with van der Waals surface area (Å²) < 4.78 is 6.38. The van der Waals surface area contributed by atoms with E-state index in [-0.39, 0.29) is 0 Å². The lowest BCUT2D eigenvalue weighted by atomic mass is 10.00. The molecule has 0 aliphatic heterocycles. The van der Waals surface area contributed by atoms with Crippen LogP contribution in [0.1, 0.15) is 0 Å². The highest BCUT2D eigenvalue weighted by atomic mass is 16.3.